The highest BCUT2D eigenvalue weighted by atomic mass is 32.2. The van der Waals surface area contributed by atoms with Crippen molar-refractivity contribution in [3.8, 4) is 17.6 Å². The number of sulfone groups is 1. The molecule has 0 radical (unpaired) electrons. The first-order valence-electron chi connectivity index (χ1n) is 10.7. The summed E-state index contributed by atoms with van der Waals surface area (Å²) in [5.74, 6) is 4.65. The zero-order valence-electron chi connectivity index (χ0n) is 18.8. The van der Waals surface area contributed by atoms with Gasteiger partial charge in [0.25, 0.3) is 5.91 Å². The minimum absolute atomic E-state index is 0.0378. The Morgan fingerprint density at radius 2 is 1.74 bits per heavy atom. The molecule has 10 heteroatoms. The van der Waals surface area contributed by atoms with E-state index >= 15 is 0 Å². The standard InChI is InChI=1S/C24H27N3O6S/c1-2-3-17-33-20-9-11-21(12-10-20)34(31,32)18-24(22(28)26-30)13-15-27(16-14-24)23(29)25-19-7-5-4-6-8-19/h4-12,30H,13-18H2,1H3,(H,25,29)(H,26,28). The zero-order chi connectivity index (χ0) is 24.6. The molecular weight excluding hydrogens is 458 g/mol. The predicted octanol–water partition coefficient (Wildman–Crippen LogP) is 2.68. The van der Waals surface area contributed by atoms with Crippen LogP contribution >= 0.6 is 0 Å². The number of nitrogens with zero attached hydrogens (tertiary/aromatic N) is 1. The van der Waals surface area contributed by atoms with Crippen LogP contribution in [0.4, 0.5) is 10.5 Å². The summed E-state index contributed by atoms with van der Waals surface area (Å²) in [5.41, 5.74) is 0.877. The number of benzene rings is 2. The van der Waals surface area contributed by atoms with Crippen LogP contribution in [0, 0.1) is 17.3 Å². The van der Waals surface area contributed by atoms with E-state index in [0.29, 0.717) is 11.4 Å². The Labute approximate surface area is 199 Å². The molecule has 0 saturated carbocycles. The van der Waals surface area contributed by atoms with E-state index in [2.05, 4.69) is 17.2 Å². The van der Waals surface area contributed by atoms with Gasteiger partial charge in [-0.2, -0.15) is 0 Å². The van der Waals surface area contributed by atoms with E-state index in [1.54, 1.807) is 36.7 Å². The van der Waals surface area contributed by atoms with Gasteiger partial charge in [0, 0.05) is 18.8 Å². The van der Waals surface area contributed by atoms with Gasteiger partial charge in [0.05, 0.1) is 16.1 Å². The summed E-state index contributed by atoms with van der Waals surface area (Å²) in [6, 6.07) is 14.5. The number of anilines is 1. The average molecular weight is 486 g/mol. The number of hydrogen-bond donors (Lipinski definition) is 3. The molecule has 34 heavy (non-hydrogen) atoms. The van der Waals surface area contributed by atoms with Crippen LogP contribution < -0.4 is 15.5 Å². The van der Waals surface area contributed by atoms with Gasteiger partial charge in [0.1, 0.15) is 12.4 Å². The zero-order valence-corrected chi connectivity index (χ0v) is 19.6. The monoisotopic (exact) mass is 485 g/mol. The lowest BCUT2D eigenvalue weighted by Gasteiger charge is -2.39. The lowest BCUT2D eigenvalue weighted by molar-refractivity contribution is -0.140. The summed E-state index contributed by atoms with van der Waals surface area (Å²) in [7, 11) is -3.88. The Bertz CT molecular complexity index is 1160. The molecule has 1 aliphatic rings. The van der Waals surface area contributed by atoms with E-state index in [4.69, 9.17) is 4.74 Å². The third kappa shape index (κ3) is 6.07. The van der Waals surface area contributed by atoms with Crippen molar-refractivity contribution < 1.29 is 28.0 Å². The molecule has 1 saturated heterocycles. The van der Waals surface area contributed by atoms with E-state index in [-0.39, 0.29) is 43.5 Å². The van der Waals surface area contributed by atoms with Crippen LogP contribution in [-0.2, 0) is 14.6 Å². The maximum atomic E-state index is 13.1. The third-order valence-corrected chi connectivity index (χ3v) is 7.68. The number of nitrogens with one attached hydrogen (secondary N) is 2. The van der Waals surface area contributed by atoms with Crippen molar-refractivity contribution in [2.45, 2.75) is 24.7 Å². The summed E-state index contributed by atoms with van der Waals surface area (Å²) in [6.45, 7) is 2.20. The molecule has 3 N–H and O–H groups in total. The number of rotatable bonds is 7. The Morgan fingerprint density at radius 1 is 1.09 bits per heavy atom. The number of likely N-dealkylation sites (tertiary alicyclic amines) is 1. The van der Waals surface area contributed by atoms with Gasteiger partial charge in [-0.3, -0.25) is 10.0 Å². The topological polar surface area (TPSA) is 125 Å². The molecule has 180 valence electrons. The van der Waals surface area contributed by atoms with Crippen LogP contribution in [0.25, 0.3) is 0 Å². The summed E-state index contributed by atoms with van der Waals surface area (Å²) in [5, 5.41) is 12.1. The number of hydrogen-bond acceptors (Lipinski definition) is 6. The molecule has 0 aliphatic carbocycles. The summed E-state index contributed by atoms with van der Waals surface area (Å²) < 4.78 is 31.7. The first-order valence-corrected chi connectivity index (χ1v) is 12.4. The Kier molecular flexibility index (Phi) is 8.15. The smallest absolute Gasteiger partial charge is 0.321 e. The molecule has 0 aromatic heterocycles. The van der Waals surface area contributed by atoms with E-state index in [1.165, 1.54) is 29.2 Å². The number of ether oxygens (including phenoxy) is 1. The average Bonchev–Trinajstić information content (AvgIpc) is 2.84. The number of amides is 3. The van der Waals surface area contributed by atoms with Gasteiger partial charge in [0.15, 0.2) is 9.84 Å². The molecule has 2 aromatic carbocycles. The first-order chi connectivity index (χ1) is 16.3. The Hall–Kier alpha value is -3.55. The summed E-state index contributed by atoms with van der Waals surface area (Å²) in [4.78, 5) is 26.7. The van der Waals surface area contributed by atoms with Gasteiger partial charge >= 0.3 is 6.03 Å². The number of para-hydroxylation sites is 1. The lowest BCUT2D eigenvalue weighted by atomic mass is 9.79. The summed E-state index contributed by atoms with van der Waals surface area (Å²) >= 11 is 0. The molecule has 1 heterocycles. The lowest BCUT2D eigenvalue weighted by Crippen LogP contribution is -2.53. The van der Waals surface area contributed by atoms with Gasteiger partial charge in [-0.15, -0.1) is 5.92 Å². The highest BCUT2D eigenvalue weighted by Gasteiger charge is 2.46. The molecule has 3 amide bonds. The SMILES string of the molecule is CC#CCOc1ccc(S(=O)(=O)CC2(C(=O)NO)CCN(C(=O)Nc3ccccc3)CC2)cc1. The summed E-state index contributed by atoms with van der Waals surface area (Å²) in [6.07, 6.45) is 0.162. The Balaban J connectivity index is 1.70. The third-order valence-electron chi connectivity index (χ3n) is 5.75. The van der Waals surface area contributed by atoms with Crippen LogP contribution in [0.3, 0.4) is 0 Å². The largest absolute Gasteiger partial charge is 0.481 e. The molecule has 3 rings (SSSR count). The molecule has 0 spiro atoms. The van der Waals surface area contributed by atoms with E-state index in [1.807, 2.05) is 6.07 Å². The van der Waals surface area contributed by atoms with Crippen molar-refractivity contribution in [3.05, 3.63) is 54.6 Å². The maximum Gasteiger partial charge on any atom is 0.321 e. The van der Waals surface area contributed by atoms with Crippen molar-refractivity contribution in [2.75, 3.05) is 30.8 Å². The Morgan fingerprint density at radius 3 is 2.32 bits per heavy atom. The molecule has 1 aliphatic heterocycles. The molecule has 0 atom stereocenters. The van der Waals surface area contributed by atoms with Crippen molar-refractivity contribution in [2.24, 2.45) is 5.41 Å². The molecule has 0 unspecified atom stereocenters. The molecule has 2 aromatic rings. The van der Waals surface area contributed by atoms with E-state index in [0.717, 1.165) is 0 Å². The van der Waals surface area contributed by atoms with Gasteiger partial charge in [-0.25, -0.2) is 18.7 Å². The minimum atomic E-state index is -3.88. The van der Waals surface area contributed by atoms with Gasteiger partial charge in [-0.1, -0.05) is 24.1 Å². The quantitative estimate of drug-likeness (QED) is 0.315. The fourth-order valence-electron chi connectivity index (χ4n) is 3.80. The molecule has 9 nitrogen and oxygen atoms in total. The van der Waals surface area contributed by atoms with Gasteiger partial charge < -0.3 is 15.0 Å². The van der Waals surface area contributed by atoms with Crippen LogP contribution in [0.15, 0.2) is 59.5 Å². The number of hydroxylamine groups is 1. The number of carbonyl (C=O) groups is 2. The molecule has 0 bridgehead atoms. The van der Waals surface area contributed by atoms with E-state index < -0.39 is 26.9 Å². The number of carbonyl (C=O) groups excluding carboxylic acids is 2. The fraction of sp³-hybridized carbons (Fsp3) is 0.333. The fourth-order valence-corrected chi connectivity index (χ4v) is 5.66. The normalized spacial score (nSPS) is 14.9. The van der Waals surface area contributed by atoms with Crippen LogP contribution in [-0.4, -0.2) is 55.9 Å². The van der Waals surface area contributed by atoms with Crippen LogP contribution in [0.1, 0.15) is 19.8 Å². The number of piperidine rings is 1. The predicted molar refractivity (Wildman–Crippen MR) is 126 cm³/mol. The molecule has 1 fully saturated rings. The number of urea groups is 1. The second-order valence-corrected chi connectivity index (χ2v) is 9.94. The minimum Gasteiger partial charge on any atom is -0.481 e. The van der Waals surface area contributed by atoms with Gasteiger partial charge in [0.2, 0.25) is 0 Å². The highest BCUT2D eigenvalue weighted by Crippen LogP contribution is 2.35. The van der Waals surface area contributed by atoms with Crippen molar-refractivity contribution in [3.63, 3.8) is 0 Å². The molecular formula is C24H27N3O6S. The van der Waals surface area contributed by atoms with Crippen molar-refractivity contribution >= 4 is 27.5 Å². The van der Waals surface area contributed by atoms with Crippen molar-refractivity contribution in [1.82, 2.24) is 10.4 Å². The van der Waals surface area contributed by atoms with Crippen molar-refractivity contribution in [1.29, 1.82) is 0 Å². The van der Waals surface area contributed by atoms with E-state index in [9.17, 15) is 23.2 Å². The maximum absolute atomic E-state index is 13.1. The second-order valence-electron chi connectivity index (χ2n) is 7.95. The first kappa shape index (κ1) is 25.1. The van der Waals surface area contributed by atoms with Crippen LogP contribution in [0.5, 0.6) is 5.75 Å². The second kappa shape index (κ2) is 11.0. The van der Waals surface area contributed by atoms with Crippen LogP contribution in [0.2, 0.25) is 0 Å². The highest BCUT2D eigenvalue weighted by molar-refractivity contribution is 7.91. The van der Waals surface area contributed by atoms with Gasteiger partial charge in [-0.05, 0) is 56.2 Å².